The van der Waals surface area contributed by atoms with Crippen molar-refractivity contribution >= 4 is 12.0 Å². The minimum absolute atomic E-state index is 0.421. The van der Waals surface area contributed by atoms with E-state index in [1.54, 1.807) is 18.2 Å². The van der Waals surface area contributed by atoms with Crippen LogP contribution >= 0.6 is 0 Å². The Morgan fingerprint density at radius 2 is 2.33 bits per heavy atom. The van der Waals surface area contributed by atoms with Crippen LogP contribution in [0.1, 0.15) is 11.1 Å². The van der Waals surface area contributed by atoms with Gasteiger partial charge in [0.25, 0.3) is 0 Å². The number of carboxylic acids is 1. The number of methoxy groups -OCH3 is 1. The summed E-state index contributed by atoms with van der Waals surface area (Å²) >= 11 is 0. The van der Waals surface area contributed by atoms with Crippen molar-refractivity contribution in [2.45, 2.75) is 0 Å². The maximum absolute atomic E-state index is 10.3. The summed E-state index contributed by atoms with van der Waals surface area (Å²) in [5.41, 5.74) is 1.10. The average molecular weight is 203 g/mol. The van der Waals surface area contributed by atoms with E-state index >= 15 is 0 Å². The minimum atomic E-state index is -1.02. The molecule has 15 heavy (non-hydrogen) atoms. The number of benzene rings is 1. The Hall–Kier alpha value is -2.28. The lowest BCUT2D eigenvalue weighted by molar-refractivity contribution is -0.131. The van der Waals surface area contributed by atoms with Crippen LogP contribution in [-0.4, -0.2) is 18.2 Å². The predicted octanol–water partition coefficient (Wildman–Crippen LogP) is 1.66. The molecule has 4 heteroatoms. The molecule has 4 nitrogen and oxygen atoms in total. The largest absolute Gasteiger partial charge is 0.495 e. The van der Waals surface area contributed by atoms with Gasteiger partial charge in [0.05, 0.1) is 12.7 Å². The molecule has 0 fully saturated rings. The molecule has 0 spiro atoms. The standard InChI is InChI=1S/C11H9NO3/c1-15-10-6-8(3-5-11(13)14)2-4-9(10)7-12/h2-6H,1H3,(H,13,14). The first-order chi connectivity index (χ1) is 7.17. The molecule has 0 unspecified atom stereocenters. The second-order valence-electron chi connectivity index (χ2n) is 2.74. The van der Waals surface area contributed by atoms with E-state index in [9.17, 15) is 4.79 Å². The molecule has 0 saturated carbocycles. The molecule has 76 valence electrons. The van der Waals surface area contributed by atoms with Gasteiger partial charge in [-0.1, -0.05) is 6.07 Å². The normalized spacial score (nSPS) is 9.87. The van der Waals surface area contributed by atoms with Crippen LogP contribution in [-0.2, 0) is 4.79 Å². The van der Waals surface area contributed by atoms with Crippen molar-refractivity contribution in [1.29, 1.82) is 5.26 Å². The highest BCUT2D eigenvalue weighted by molar-refractivity contribution is 5.85. The van der Waals surface area contributed by atoms with Gasteiger partial charge in [-0.05, 0) is 23.8 Å². The number of ether oxygens (including phenoxy) is 1. The van der Waals surface area contributed by atoms with Crippen LogP contribution < -0.4 is 4.74 Å². The molecule has 1 aromatic carbocycles. The van der Waals surface area contributed by atoms with E-state index < -0.39 is 5.97 Å². The first-order valence-corrected chi connectivity index (χ1v) is 4.16. The van der Waals surface area contributed by atoms with Crippen LogP contribution in [0.5, 0.6) is 5.75 Å². The van der Waals surface area contributed by atoms with Gasteiger partial charge >= 0.3 is 5.97 Å². The van der Waals surface area contributed by atoms with Crippen molar-refractivity contribution in [3.63, 3.8) is 0 Å². The van der Waals surface area contributed by atoms with Crippen LogP contribution in [0.25, 0.3) is 6.08 Å². The van der Waals surface area contributed by atoms with E-state index in [0.29, 0.717) is 16.9 Å². The summed E-state index contributed by atoms with van der Waals surface area (Å²) in [7, 11) is 1.46. The van der Waals surface area contributed by atoms with Crippen LogP contribution in [0.3, 0.4) is 0 Å². The molecule has 1 rings (SSSR count). The number of aliphatic carboxylic acids is 1. The molecule has 0 saturated heterocycles. The van der Waals surface area contributed by atoms with Crippen LogP contribution in [0.2, 0.25) is 0 Å². The highest BCUT2D eigenvalue weighted by atomic mass is 16.5. The van der Waals surface area contributed by atoms with E-state index in [1.807, 2.05) is 6.07 Å². The summed E-state index contributed by atoms with van der Waals surface area (Å²) in [6.07, 6.45) is 2.47. The molecule has 1 aromatic rings. The monoisotopic (exact) mass is 203 g/mol. The van der Waals surface area contributed by atoms with Crippen LogP contribution in [0.4, 0.5) is 0 Å². The Bertz CT molecular complexity index is 444. The van der Waals surface area contributed by atoms with E-state index in [4.69, 9.17) is 15.1 Å². The highest BCUT2D eigenvalue weighted by Gasteiger charge is 2.01. The molecule has 0 aromatic heterocycles. The Balaban J connectivity index is 3.04. The fraction of sp³-hybridized carbons (Fsp3) is 0.0909. The third kappa shape index (κ3) is 2.85. The molecule has 0 amide bonds. The Kier molecular flexibility index (Phi) is 3.47. The fourth-order valence-corrected chi connectivity index (χ4v) is 1.07. The van der Waals surface area contributed by atoms with E-state index in [0.717, 1.165) is 6.08 Å². The Morgan fingerprint density at radius 3 is 2.87 bits per heavy atom. The van der Waals surface area contributed by atoms with E-state index in [-0.39, 0.29) is 0 Å². The number of nitrogens with zero attached hydrogens (tertiary/aromatic N) is 1. The molecule has 0 bridgehead atoms. The molecular formula is C11H9NO3. The molecule has 0 aliphatic heterocycles. The highest BCUT2D eigenvalue weighted by Crippen LogP contribution is 2.19. The summed E-state index contributed by atoms with van der Waals surface area (Å²) in [4.78, 5) is 10.3. The van der Waals surface area contributed by atoms with Gasteiger partial charge < -0.3 is 9.84 Å². The summed E-state index contributed by atoms with van der Waals surface area (Å²) in [6.45, 7) is 0. The molecule has 0 aliphatic rings. The molecule has 1 N–H and O–H groups in total. The summed E-state index contributed by atoms with van der Waals surface area (Å²) in [5.74, 6) is -0.580. The third-order valence-electron chi connectivity index (χ3n) is 1.76. The predicted molar refractivity (Wildman–Crippen MR) is 54.4 cm³/mol. The lowest BCUT2D eigenvalue weighted by Gasteiger charge is -2.02. The maximum Gasteiger partial charge on any atom is 0.328 e. The number of nitriles is 1. The summed E-state index contributed by atoms with van der Waals surface area (Å²) < 4.78 is 4.98. The van der Waals surface area contributed by atoms with E-state index in [1.165, 1.54) is 13.2 Å². The molecule has 0 radical (unpaired) electrons. The lowest BCUT2D eigenvalue weighted by atomic mass is 10.1. The zero-order valence-electron chi connectivity index (χ0n) is 8.10. The molecule has 0 heterocycles. The van der Waals surface area contributed by atoms with Gasteiger partial charge in [-0.15, -0.1) is 0 Å². The quantitative estimate of drug-likeness (QED) is 0.758. The van der Waals surface area contributed by atoms with Gasteiger partial charge in [0.1, 0.15) is 11.8 Å². The molecular weight excluding hydrogens is 194 g/mol. The van der Waals surface area contributed by atoms with Crippen molar-refractivity contribution in [3.8, 4) is 11.8 Å². The molecule has 0 aliphatic carbocycles. The summed E-state index contributed by atoms with van der Waals surface area (Å²) in [5, 5.41) is 17.1. The zero-order chi connectivity index (χ0) is 11.3. The van der Waals surface area contributed by atoms with Gasteiger partial charge in [0, 0.05) is 6.08 Å². The number of rotatable bonds is 3. The van der Waals surface area contributed by atoms with E-state index in [2.05, 4.69) is 0 Å². The van der Waals surface area contributed by atoms with Crippen LogP contribution in [0, 0.1) is 11.3 Å². The Labute approximate surface area is 87.0 Å². The number of hydrogen-bond acceptors (Lipinski definition) is 3. The first-order valence-electron chi connectivity index (χ1n) is 4.16. The topological polar surface area (TPSA) is 70.3 Å². The third-order valence-corrected chi connectivity index (χ3v) is 1.76. The maximum atomic E-state index is 10.3. The van der Waals surface area contributed by atoms with Crippen molar-refractivity contribution in [2.24, 2.45) is 0 Å². The lowest BCUT2D eigenvalue weighted by Crippen LogP contribution is -1.89. The minimum Gasteiger partial charge on any atom is -0.495 e. The van der Waals surface area contributed by atoms with Crippen molar-refractivity contribution in [2.75, 3.05) is 7.11 Å². The number of hydrogen-bond donors (Lipinski definition) is 1. The van der Waals surface area contributed by atoms with Gasteiger partial charge in [0.2, 0.25) is 0 Å². The van der Waals surface area contributed by atoms with Crippen LogP contribution in [0.15, 0.2) is 24.3 Å². The molecule has 0 atom stereocenters. The van der Waals surface area contributed by atoms with Crippen molar-refractivity contribution < 1.29 is 14.6 Å². The van der Waals surface area contributed by atoms with Gasteiger partial charge in [-0.3, -0.25) is 0 Å². The number of carbonyl (C=O) groups is 1. The SMILES string of the molecule is COc1cc(C=CC(=O)O)ccc1C#N. The van der Waals surface area contributed by atoms with Crippen molar-refractivity contribution in [1.82, 2.24) is 0 Å². The zero-order valence-corrected chi connectivity index (χ0v) is 8.10. The first kappa shape index (κ1) is 10.8. The second kappa shape index (κ2) is 4.82. The smallest absolute Gasteiger partial charge is 0.328 e. The second-order valence-corrected chi connectivity index (χ2v) is 2.74. The van der Waals surface area contributed by atoms with Gasteiger partial charge in [-0.2, -0.15) is 5.26 Å². The number of carboxylic acid groups (broad SMARTS) is 1. The Morgan fingerprint density at radius 1 is 1.60 bits per heavy atom. The fourth-order valence-electron chi connectivity index (χ4n) is 1.07. The van der Waals surface area contributed by atoms with Gasteiger partial charge in [-0.25, -0.2) is 4.79 Å². The van der Waals surface area contributed by atoms with Gasteiger partial charge in [0.15, 0.2) is 0 Å². The summed E-state index contributed by atoms with van der Waals surface area (Å²) in [6, 6.07) is 6.82. The average Bonchev–Trinajstić information content (AvgIpc) is 2.25. The van der Waals surface area contributed by atoms with Crippen molar-refractivity contribution in [3.05, 3.63) is 35.4 Å².